The highest BCUT2D eigenvalue weighted by Gasteiger charge is 2.79. The molecule has 6 heavy (non-hydrogen) atoms. The van der Waals surface area contributed by atoms with Crippen LogP contribution in [0, 0.1) is 5.41 Å². The molecule has 0 unspecified atom stereocenters. The maximum atomic E-state index is 5.86. The molecule has 34 valence electrons. The van der Waals surface area contributed by atoms with Crippen molar-refractivity contribution >= 4 is 11.6 Å². The smallest absolute Gasteiger partial charge is 0.0513 e. The fourth-order valence-corrected chi connectivity index (χ4v) is 1.69. The molecular weight excluding hydrogens is 95.5 g/mol. The van der Waals surface area contributed by atoms with Gasteiger partial charge in [0.05, 0.1) is 4.87 Å². The normalized spacial score (nSPS) is 73.0. The Labute approximate surface area is 42.5 Å². The number of hydrogen-bond donors (Lipinski definition) is 0. The lowest BCUT2D eigenvalue weighted by Gasteiger charge is -1.81. The largest absolute Gasteiger partial charge is 0.119 e. The van der Waals surface area contributed by atoms with E-state index in [1.807, 2.05) is 0 Å². The second-order valence-corrected chi connectivity index (χ2v) is 3.60. The van der Waals surface area contributed by atoms with Crippen molar-refractivity contribution in [2.75, 3.05) is 0 Å². The Balaban J connectivity index is 2.34. The molecule has 2 aliphatic rings. The minimum absolute atomic E-state index is 0.326. The van der Waals surface area contributed by atoms with Gasteiger partial charge in [0.15, 0.2) is 0 Å². The summed E-state index contributed by atoms with van der Waals surface area (Å²) in [5.74, 6) is 0. The molecule has 0 aromatic heterocycles. The molecule has 2 fully saturated rings. The fraction of sp³-hybridized carbons (Fsp3) is 1.00. The molecule has 0 saturated heterocycles. The van der Waals surface area contributed by atoms with Crippen LogP contribution >= 0.6 is 11.6 Å². The number of alkyl halides is 1. The van der Waals surface area contributed by atoms with Gasteiger partial charge in [-0.1, -0.05) is 6.92 Å². The summed E-state index contributed by atoms with van der Waals surface area (Å²) in [5, 5.41) is 0. The predicted molar refractivity (Wildman–Crippen MR) is 25.9 cm³/mol. The van der Waals surface area contributed by atoms with Crippen LogP contribution in [0.15, 0.2) is 0 Å². The van der Waals surface area contributed by atoms with Crippen LogP contribution in [-0.2, 0) is 0 Å². The van der Waals surface area contributed by atoms with Crippen LogP contribution in [-0.4, -0.2) is 4.87 Å². The third-order valence-electron chi connectivity index (χ3n) is 2.17. The maximum absolute atomic E-state index is 5.86. The van der Waals surface area contributed by atoms with Gasteiger partial charge in [-0.2, -0.15) is 0 Å². The lowest BCUT2D eigenvalue weighted by atomic mass is 10.3. The fourth-order valence-electron chi connectivity index (χ4n) is 1.10. The van der Waals surface area contributed by atoms with Crippen molar-refractivity contribution in [3.63, 3.8) is 0 Å². The Morgan fingerprint density at radius 3 is 1.67 bits per heavy atom. The first kappa shape index (κ1) is 3.31. The van der Waals surface area contributed by atoms with Crippen LogP contribution in [0.5, 0.6) is 0 Å². The number of halogens is 1. The molecule has 0 aromatic rings. The highest BCUT2D eigenvalue weighted by Crippen LogP contribution is 2.82. The Hall–Kier alpha value is 0.290. The van der Waals surface area contributed by atoms with Crippen molar-refractivity contribution in [1.82, 2.24) is 0 Å². The molecular formula is C5H7Cl. The molecule has 0 N–H and O–H groups in total. The van der Waals surface area contributed by atoms with Gasteiger partial charge < -0.3 is 0 Å². The van der Waals surface area contributed by atoms with E-state index in [2.05, 4.69) is 6.92 Å². The molecule has 2 aliphatic carbocycles. The predicted octanol–water partition coefficient (Wildman–Crippen LogP) is 1.78. The first-order valence-corrected chi connectivity index (χ1v) is 2.73. The molecule has 0 atom stereocenters. The monoisotopic (exact) mass is 102 g/mol. The zero-order valence-corrected chi connectivity index (χ0v) is 4.55. The summed E-state index contributed by atoms with van der Waals surface area (Å²) in [6, 6.07) is 0. The second kappa shape index (κ2) is 0.477. The van der Waals surface area contributed by atoms with Crippen LogP contribution in [0.2, 0.25) is 0 Å². The molecule has 0 aromatic carbocycles. The van der Waals surface area contributed by atoms with Gasteiger partial charge in [0.2, 0.25) is 0 Å². The van der Waals surface area contributed by atoms with Gasteiger partial charge in [0.25, 0.3) is 0 Å². The van der Waals surface area contributed by atoms with E-state index in [9.17, 15) is 0 Å². The molecule has 1 heteroatoms. The van der Waals surface area contributed by atoms with Crippen LogP contribution in [0.4, 0.5) is 0 Å². The van der Waals surface area contributed by atoms with E-state index in [0.29, 0.717) is 10.3 Å². The quantitative estimate of drug-likeness (QED) is 0.409. The molecule has 0 nitrogen and oxygen atoms in total. The van der Waals surface area contributed by atoms with Crippen molar-refractivity contribution < 1.29 is 0 Å². The van der Waals surface area contributed by atoms with Crippen molar-refractivity contribution in [1.29, 1.82) is 0 Å². The van der Waals surface area contributed by atoms with Crippen LogP contribution in [0.1, 0.15) is 19.8 Å². The zero-order chi connectivity index (χ0) is 4.41. The minimum atomic E-state index is 0.326. The lowest BCUT2D eigenvalue weighted by molar-refractivity contribution is 0.725. The van der Waals surface area contributed by atoms with E-state index in [1.54, 1.807) is 0 Å². The van der Waals surface area contributed by atoms with Gasteiger partial charge in [-0.3, -0.25) is 0 Å². The average molecular weight is 103 g/mol. The highest BCUT2D eigenvalue weighted by molar-refractivity contribution is 6.29. The van der Waals surface area contributed by atoms with Crippen LogP contribution in [0.3, 0.4) is 0 Å². The van der Waals surface area contributed by atoms with E-state index in [1.165, 1.54) is 12.8 Å². The molecule has 0 aliphatic heterocycles. The topological polar surface area (TPSA) is 0 Å². The summed E-state index contributed by atoms with van der Waals surface area (Å²) in [5.41, 5.74) is 0.620. The van der Waals surface area contributed by atoms with Crippen LogP contribution < -0.4 is 0 Å². The van der Waals surface area contributed by atoms with E-state index >= 15 is 0 Å². The minimum Gasteiger partial charge on any atom is -0.119 e. The Morgan fingerprint density at radius 2 is 1.67 bits per heavy atom. The van der Waals surface area contributed by atoms with E-state index in [-0.39, 0.29) is 0 Å². The summed E-state index contributed by atoms with van der Waals surface area (Å²) in [6.45, 7) is 2.25. The van der Waals surface area contributed by atoms with Crippen molar-refractivity contribution in [3.8, 4) is 0 Å². The molecule has 0 spiro atoms. The Morgan fingerprint density at radius 1 is 1.50 bits per heavy atom. The summed E-state index contributed by atoms with van der Waals surface area (Å²) in [7, 11) is 0. The Kier molecular flexibility index (Phi) is 0.263. The zero-order valence-electron chi connectivity index (χ0n) is 3.79. The van der Waals surface area contributed by atoms with Crippen molar-refractivity contribution in [2.24, 2.45) is 5.41 Å². The van der Waals surface area contributed by atoms with Gasteiger partial charge >= 0.3 is 0 Å². The number of fused-ring (bicyclic) bond motifs is 1. The van der Waals surface area contributed by atoms with Crippen molar-refractivity contribution in [2.45, 2.75) is 24.6 Å². The third-order valence-corrected chi connectivity index (χ3v) is 2.90. The standard InChI is InChI=1S/C5H7Cl/c1-4-2-5(4,6)3-4/h2-3H2,1H3. The lowest BCUT2D eigenvalue weighted by Crippen LogP contribution is -1.73. The first-order chi connectivity index (χ1) is 2.66. The van der Waals surface area contributed by atoms with Gasteiger partial charge in [-0.15, -0.1) is 11.6 Å². The molecule has 0 bridgehead atoms. The number of rotatable bonds is 0. The molecule has 0 radical (unpaired) electrons. The molecule has 2 rings (SSSR count). The Bertz CT molecular complexity index is 88.5. The number of hydrogen-bond acceptors (Lipinski definition) is 0. The average Bonchev–Trinajstić information content (AvgIpc) is 1.78. The summed E-state index contributed by atoms with van der Waals surface area (Å²) in [6.07, 6.45) is 2.56. The van der Waals surface area contributed by atoms with Crippen LogP contribution in [0.25, 0.3) is 0 Å². The van der Waals surface area contributed by atoms with Crippen molar-refractivity contribution in [3.05, 3.63) is 0 Å². The van der Waals surface area contributed by atoms with Gasteiger partial charge in [0, 0.05) is 0 Å². The van der Waals surface area contributed by atoms with E-state index < -0.39 is 0 Å². The molecule has 0 amide bonds. The van der Waals surface area contributed by atoms with Gasteiger partial charge in [-0.05, 0) is 18.3 Å². The van der Waals surface area contributed by atoms with E-state index in [4.69, 9.17) is 11.6 Å². The van der Waals surface area contributed by atoms with E-state index in [0.717, 1.165) is 0 Å². The maximum Gasteiger partial charge on any atom is 0.0513 e. The third kappa shape index (κ3) is 0.155. The SMILES string of the molecule is CC12CC1(Cl)C2. The van der Waals surface area contributed by atoms with Gasteiger partial charge in [-0.25, -0.2) is 0 Å². The van der Waals surface area contributed by atoms with Gasteiger partial charge in [0.1, 0.15) is 0 Å². The summed E-state index contributed by atoms with van der Waals surface area (Å²) >= 11 is 5.86. The summed E-state index contributed by atoms with van der Waals surface area (Å²) < 4.78 is 0. The summed E-state index contributed by atoms with van der Waals surface area (Å²) in [4.78, 5) is 0.326. The first-order valence-electron chi connectivity index (χ1n) is 2.35. The molecule has 2 saturated carbocycles. The molecule has 0 heterocycles. The highest BCUT2D eigenvalue weighted by atomic mass is 35.5. The second-order valence-electron chi connectivity index (χ2n) is 2.88.